The van der Waals surface area contributed by atoms with E-state index in [0.717, 1.165) is 5.56 Å². The van der Waals surface area contributed by atoms with Crippen molar-refractivity contribution in [3.63, 3.8) is 0 Å². The van der Waals surface area contributed by atoms with Crippen LogP contribution in [0.5, 0.6) is 0 Å². The van der Waals surface area contributed by atoms with Crippen LogP contribution in [0, 0.1) is 0 Å². The SMILES string of the molecule is CC(C)NC(CC(=O)O)c1ccc(C(C)C)cc1. The Bertz CT molecular complexity index is 382. The summed E-state index contributed by atoms with van der Waals surface area (Å²) in [6, 6.07) is 8.35. The molecule has 0 fully saturated rings. The first-order chi connectivity index (χ1) is 8.40. The van der Waals surface area contributed by atoms with Gasteiger partial charge < -0.3 is 10.4 Å². The van der Waals surface area contributed by atoms with Crippen LogP contribution in [0.4, 0.5) is 0 Å². The fraction of sp³-hybridized carbons (Fsp3) is 0.533. The molecule has 100 valence electrons. The predicted octanol–water partition coefficient (Wildman–Crippen LogP) is 3.32. The first-order valence-electron chi connectivity index (χ1n) is 6.48. The fourth-order valence-corrected chi connectivity index (χ4v) is 1.96. The first kappa shape index (κ1) is 14.7. The number of carbonyl (C=O) groups is 1. The van der Waals surface area contributed by atoms with Gasteiger partial charge in [-0.2, -0.15) is 0 Å². The largest absolute Gasteiger partial charge is 0.481 e. The van der Waals surface area contributed by atoms with Crippen molar-refractivity contribution < 1.29 is 9.90 Å². The Hall–Kier alpha value is -1.35. The second-order valence-corrected chi connectivity index (χ2v) is 5.29. The van der Waals surface area contributed by atoms with Crippen molar-refractivity contribution in [2.75, 3.05) is 0 Å². The molecule has 0 aliphatic heterocycles. The fourth-order valence-electron chi connectivity index (χ4n) is 1.96. The third-order valence-electron chi connectivity index (χ3n) is 2.92. The number of carboxylic acid groups (broad SMARTS) is 1. The van der Waals surface area contributed by atoms with E-state index in [1.807, 2.05) is 26.0 Å². The Balaban J connectivity index is 2.87. The highest BCUT2D eigenvalue weighted by Gasteiger charge is 2.16. The molecule has 0 aliphatic carbocycles. The molecule has 2 N–H and O–H groups in total. The molecule has 1 atom stereocenters. The molecule has 0 radical (unpaired) electrons. The van der Waals surface area contributed by atoms with Crippen molar-refractivity contribution in [2.45, 2.75) is 52.1 Å². The molecule has 0 aromatic heterocycles. The Labute approximate surface area is 109 Å². The summed E-state index contributed by atoms with van der Waals surface area (Å²) in [5.41, 5.74) is 2.31. The van der Waals surface area contributed by atoms with Crippen LogP contribution in [-0.2, 0) is 4.79 Å². The van der Waals surface area contributed by atoms with Crippen LogP contribution in [0.25, 0.3) is 0 Å². The van der Waals surface area contributed by atoms with E-state index in [4.69, 9.17) is 5.11 Å². The van der Waals surface area contributed by atoms with Gasteiger partial charge in [0.05, 0.1) is 6.42 Å². The summed E-state index contributed by atoms with van der Waals surface area (Å²) in [6.45, 7) is 8.35. The van der Waals surface area contributed by atoms with E-state index in [0.29, 0.717) is 5.92 Å². The maximum Gasteiger partial charge on any atom is 0.305 e. The third-order valence-corrected chi connectivity index (χ3v) is 2.92. The average molecular weight is 249 g/mol. The monoisotopic (exact) mass is 249 g/mol. The smallest absolute Gasteiger partial charge is 0.305 e. The van der Waals surface area contributed by atoms with Gasteiger partial charge in [0.25, 0.3) is 0 Å². The van der Waals surface area contributed by atoms with Gasteiger partial charge in [-0.15, -0.1) is 0 Å². The maximum absolute atomic E-state index is 10.9. The zero-order chi connectivity index (χ0) is 13.7. The first-order valence-corrected chi connectivity index (χ1v) is 6.48. The van der Waals surface area contributed by atoms with Crippen LogP contribution in [0.2, 0.25) is 0 Å². The van der Waals surface area contributed by atoms with Crippen molar-refractivity contribution in [1.29, 1.82) is 0 Å². The van der Waals surface area contributed by atoms with E-state index in [2.05, 4.69) is 31.3 Å². The molecule has 0 bridgehead atoms. The van der Waals surface area contributed by atoms with Gasteiger partial charge >= 0.3 is 5.97 Å². The van der Waals surface area contributed by atoms with Crippen molar-refractivity contribution >= 4 is 5.97 Å². The van der Waals surface area contributed by atoms with E-state index in [9.17, 15) is 4.79 Å². The molecule has 3 nitrogen and oxygen atoms in total. The highest BCUT2D eigenvalue weighted by Crippen LogP contribution is 2.21. The molecule has 0 amide bonds. The Morgan fingerprint density at radius 2 is 1.61 bits per heavy atom. The van der Waals surface area contributed by atoms with Crippen molar-refractivity contribution in [3.05, 3.63) is 35.4 Å². The van der Waals surface area contributed by atoms with Gasteiger partial charge in [-0.05, 0) is 17.0 Å². The second-order valence-electron chi connectivity index (χ2n) is 5.29. The van der Waals surface area contributed by atoms with Gasteiger partial charge in [-0.1, -0.05) is 52.0 Å². The summed E-state index contributed by atoms with van der Waals surface area (Å²) in [5.74, 6) is -0.281. The second kappa shape index (κ2) is 6.55. The summed E-state index contributed by atoms with van der Waals surface area (Å²) >= 11 is 0. The summed E-state index contributed by atoms with van der Waals surface area (Å²) in [4.78, 5) is 10.9. The molecule has 1 aromatic rings. The molecule has 0 heterocycles. The highest BCUT2D eigenvalue weighted by molar-refractivity contribution is 5.68. The lowest BCUT2D eigenvalue weighted by Crippen LogP contribution is -2.29. The van der Waals surface area contributed by atoms with Gasteiger partial charge in [0, 0.05) is 12.1 Å². The maximum atomic E-state index is 10.9. The van der Waals surface area contributed by atoms with Gasteiger partial charge in [0.1, 0.15) is 0 Å². The van der Waals surface area contributed by atoms with Gasteiger partial charge in [0.15, 0.2) is 0 Å². The number of hydrogen-bond acceptors (Lipinski definition) is 2. The standard InChI is InChI=1S/C15H23NO2/c1-10(2)12-5-7-13(8-6-12)14(9-15(17)18)16-11(3)4/h5-8,10-11,14,16H,9H2,1-4H3,(H,17,18). The number of hydrogen-bond donors (Lipinski definition) is 2. The van der Waals surface area contributed by atoms with E-state index in [-0.39, 0.29) is 18.5 Å². The number of carboxylic acids is 1. The zero-order valence-electron chi connectivity index (χ0n) is 11.6. The lowest BCUT2D eigenvalue weighted by molar-refractivity contribution is -0.137. The summed E-state index contributed by atoms with van der Waals surface area (Å²) in [6.07, 6.45) is 0.110. The summed E-state index contributed by atoms with van der Waals surface area (Å²) < 4.78 is 0. The van der Waals surface area contributed by atoms with E-state index >= 15 is 0 Å². The van der Waals surface area contributed by atoms with Gasteiger partial charge in [0.2, 0.25) is 0 Å². The molecular formula is C15H23NO2. The Kier molecular flexibility index (Phi) is 5.35. The topological polar surface area (TPSA) is 49.3 Å². The minimum atomic E-state index is -0.777. The van der Waals surface area contributed by atoms with Crippen LogP contribution in [-0.4, -0.2) is 17.1 Å². The molecule has 1 unspecified atom stereocenters. The van der Waals surface area contributed by atoms with Crippen LogP contribution >= 0.6 is 0 Å². The molecule has 3 heteroatoms. The van der Waals surface area contributed by atoms with E-state index in [1.54, 1.807) is 0 Å². The quantitative estimate of drug-likeness (QED) is 0.813. The van der Waals surface area contributed by atoms with Gasteiger partial charge in [-0.25, -0.2) is 0 Å². The summed E-state index contributed by atoms with van der Waals surface area (Å²) in [5, 5.41) is 12.3. The van der Waals surface area contributed by atoms with E-state index < -0.39 is 5.97 Å². The van der Waals surface area contributed by atoms with Crippen LogP contribution in [0.1, 0.15) is 57.2 Å². The normalized spacial score (nSPS) is 13.0. The molecule has 0 spiro atoms. The molecular weight excluding hydrogens is 226 g/mol. The number of benzene rings is 1. The van der Waals surface area contributed by atoms with Gasteiger partial charge in [-0.3, -0.25) is 4.79 Å². The highest BCUT2D eigenvalue weighted by atomic mass is 16.4. The van der Waals surface area contributed by atoms with Crippen molar-refractivity contribution in [3.8, 4) is 0 Å². The molecule has 0 saturated heterocycles. The Morgan fingerprint density at radius 1 is 1.11 bits per heavy atom. The van der Waals surface area contributed by atoms with Crippen molar-refractivity contribution in [1.82, 2.24) is 5.32 Å². The predicted molar refractivity (Wildman–Crippen MR) is 73.8 cm³/mol. The zero-order valence-corrected chi connectivity index (χ0v) is 11.6. The number of nitrogens with one attached hydrogen (secondary N) is 1. The van der Waals surface area contributed by atoms with Crippen LogP contribution < -0.4 is 5.32 Å². The van der Waals surface area contributed by atoms with E-state index in [1.165, 1.54) is 5.56 Å². The third kappa shape index (κ3) is 4.49. The molecule has 0 aliphatic rings. The number of rotatable bonds is 6. The molecule has 1 aromatic carbocycles. The van der Waals surface area contributed by atoms with Crippen molar-refractivity contribution in [2.24, 2.45) is 0 Å². The minimum absolute atomic E-state index is 0.110. The molecule has 1 rings (SSSR count). The number of aliphatic carboxylic acids is 1. The molecule has 0 saturated carbocycles. The minimum Gasteiger partial charge on any atom is -0.481 e. The molecule has 18 heavy (non-hydrogen) atoms. The summed E-state index contributed by atoms with van der Waals surface area (Å²) in [7, 11) is 0. The van der Waals surface area contributed by atoms with Crippen LogP contribution in [0.15, 0.2) is 24.3 Å². The van der Waals surface area contributed by atoms with Crippen LogP contribution in [0.3, 0.4) is 0 Å². The average Bonchev–Trinajstić information content (AvgIpc) is 2.27. The lowest BCUT2D eigenvalue weighted by atomic mass is 9.97. The lowest BCUT2D eigenvalue weighted by Gasteiger charge is -2.20. The Morgan fingerprint density at radius 3 is 2.00 bits per heavy atom.